The topological polar surface area (TPSA) is 71.3 Å². The average Bonchev–Trinajstić information content (AvgIpc) is 2.83. The van der Waals surface area contributed by atoms with E-state index in [4.69, 9.17) is 9.47 Å². The van der Waals surface area contributed by atoms with E-state index in [0.717, 1.165) is 17.7 Å². The van der Waals surface area contributed by atoms with Gasteiger partial charge in [0.1, 0.15) is 29.2 Å². The highest BCUT2D eigenvalue weighted by Crippen LogP contribution is 2.36. The summed E-state index contributed by atoms with van der Waals surface area (Å²) in [5.41, 5.74) is 1.81. The molecular weight excluding hydrogens is 292 g/mol. The number of nitriles is 1. The monoisotopic (exact) mass is 314 g/mol. The second kappa shape index (κ2) is 7.19. The molecule has 5 nitrogen and oxygen atoms in total. The van der Waals surface area contributed by atoms with Crippen molar-refractivity contribution in [1.29, 1.82) is 5.26 Å². The van der Waals surface area contributed by atoms with Crippen molar-refractivity contribution < 1.29 is 14.3 Å². The van der Waals surface area contributed by atoms with Crippen LogP contribution in [-0.2, 0) is 11.2 Å². The Labute approximate surface area is 136 Å². The van der Waals surface area contributed by atoms with Gasteiger partial charge in [-0.3, -0.25) is 4.79 Å². The Hall–Kier alpha value is -2.48. The van der Waals surface area contributed by atoms with E-state index in [9.17, 15) is 10.1 Å². The summed E-state index contributed by atoms with van der Waals surface area (Å²) in [5, 5.41) is 12.0. The first-order valence-corrected chi connectivity index (χ1v) is 7.83. The van der Waals surface area contributed by atoms with Crippen molar-refractivity contribution >= 4 is 12.0 Å². The second-order valence-electron chi connectivity index (χ2n) is 5.86. The van der Waals surface area contributed by atoms with Crippen molar-refractivity contribution in [2.24, 2.45) is 0 Å². The second-order valence-corrected chi connectivity index (χ2v) is 5.86. The van der Waals surface area contributed by atoms with Crippen molar-refractivity contribution in [2.45, 2.75) is 46.3 Å². The summed E-state index contributed by atoms with van der Waals surface area (Å²) >= 11 is 0. The minimum Gasteiger partial charge on any atom is -0.493 e. The Kier molecular flexibility index (Phi) is 5.28. The number of amides is 1. The normalized spacial score (nSPS) is 16.5. The summed E-state index contributed by atoms with van der Waals surface area (Å²) in [5.74, 6) is 1.06. The minimum absolute atomic E-state index is 0.0326. The van der Waals surface area contributed by atoms with E-state index in [-0.39, 0.29) is 23.6 Å². The van der Waals surface area contributed by atoms with Gasteiger partial charge in [-0.05, 0) is 45.9 Å². The molecule has 1 N–H and O–H groups in total. The molecule has 0 bridgehead atoms. The van der Waals surface area contributed by atoms with E-state index < -0.39 is 0 Å². The Bertz CT molecular complexity index is 672. The number of carbonyl (C=O) groups excluding carboxylic acids is 1. The van der Waals surface area contributed by atoms with Gasteiger partial charge in [-0.15, -0.1) is 0 Å². The first-order chi connectivity index (χ1) is 10.9. The first kappa shape index (κ1) is 16.9. The number of nitrogens with zero attached hydrogens (tertiary/aromatic N) is 1. The molecule has 1 heterocycles. The number of hydrogen-bond acceptors (Lipinski definition) is 4. The fourth-order valence-corrected chi connectivity index (χ4v) is 2.49. The molecule has 0 unspecified atom stereocenters. The zero-order valence-electron chi connectivity index (χ0n) is 14.0. The number of rotatable bonds is 5. The number of fused-ring (bicyclic) bond motifs is 1. The molecule has 2 rings (SSSR count). The summed E-state index contributed by atoms with van der Waals surface area (Å²) in [6.07, 6.45) is 2.51. The van der Waals surface area contributed by atoms with E-state index >= 15 is 0 Å². The lowest BCUT2D eigenvalue weighted by Crippen LogP contribution is -2.30. The maximum absolute atomic E-state index is 12.1. The molecule has 1 amide bonds. The van der Waals surface area contributed by atoms with Gasteiger partial charge in [-0.2, -0.15) is 5.26 Å². The van der Waals surface area contributed by atoms with Crippen LogP contribution >= 0.6 is 0 Å². The molecule has 1 aromatic carbocycles. The third kappa shape index (κ3) is 4.04. The smallest absolute Gasteiger partial charge is 0.262 e. The summed E-state index contributed by atoms with van der Waals surface area (Å²) < 4.78 is 11.4. The van der Waals surface area contributed by atoms with E-state index in [1.165, 1.54) is 0 Å². The van der Waals surface area contributed by atoms with E-state index in [0.29, 0.717) is 17.9 Å². The molecule has 0 aromatic heterocycles. The molecule has 122 valence electrons. The van der Waals surface area contributed by atoms with E-state index in [2.05, 4.69) is 5.32 Å². The zero-order chi connectivity index (χ0) is 17.0. The predicted molar refractivity (Wildman–Crippen MR) is 88.3 cm³/mol. The van der Waals surface area contributed by atoms with Crippen LogP contribution in [0.3, 0.4) is 0 Å². The SMILES string of the molecule is CCOc1cc2c(cc1/C=C(\C#N)C(=O)NC(C)C)O[C@H](C)C2. The molecule has 0 saturated carbocycles. The molecule has 1 atom stereocenters. The third-order valence-corrected chi connectivity index (χ3v) is 3.41. The van der Waals surface area contributed by atoms with Crippen molar-refractivity contribution in [3.63, 3.8) is 0 Å². The van der Waals surface area contributed by atoms with Gasteiger partial charge in [0.15, 0.2) is 0 Å². The van der Waals surface area contributed by atoms with Crippen LogP contribution in [0.5, 0.6) is 11.5 Å². The standard InChI is InChI=1S/C18H22N2O3/c1-5-22-16-8-13-6-12(4)23-17(13)9-14(16)7-15(10-19)18(21)20-11(2)3/h7-9,11-12H,5-6H2,1-4H3,(H,20,21)/b15-7+/t12-/m1/s1. The maximum atomic E-state index is 12.1. The van der Waals surface area contributed by atoms with Gasteiger partial charge in [0.25, 0.3) is 5.91 Å². The van der Waals surface area contributed by atoms with Crippen LogP contribution < -0.4 is 14.8 Å². The van der Waals surface area contributed by atoms with Crippen molar-refractivity contribution in [3.05, 3.63) is 28.8 Å². The molecule has 0 aliphatic carbocycles. The van der Waals surface area contributed by atoms with Crippen LogP contribution in [0.4, 0.5) is 0 Å². The third-order valence-electron chi connectivity index (χ3n) is 3.41. The lowest BCUT2D eigenvalue weighted by Gasteiger charge is -2.11. The summed E-state index contributed by atoms with van der Waals surface area (Å²) in [7, 11) is 0. The summed E-state index contributed by atoms with van der Waals surface area (Å²) in [4.78, 5) is 12.1. The van der Waals surface area contributed by atoms with Gasteiger partial charge in [-0.1, -0.05) is 0 Å². The molecule has 5 heteroatoms. The average molecular weight is 314 g/mol. The van der Waals surface area contributed by atoms with Gasteiger partial charge >= 0.3 is 0 Å². The van der Waals surface area contributed by atoms with Crippen molar-refractivity contribution in [3.8, 4) is 17.6 Å². The predicted octanol–water partition coefficient (Wildman–Crippen LogP) is 2.84. The Balaban J connectivity index is 2.41. The molecule has 0 radical (unpaired) electrons. The van der Waals surface area contributed by atoms with Crippen LogP contribution in [0, 0.1) is 11.3 Å². The number of hydrogen-bond donors (Lipinski definition) is 1. The van der Waals surface area contributed by atoms with Gasteiger partial charge in [-0.25, -0.2) is 0 Å². The first-order valence-electron chi connectivity index (χ1n) is 7.83. The minimum atomic E-state index is -0.389. The maximum Gasteiger partial charge on any atom is 0.262 e. The van der Waals surface area contributed by atoms with Crippen LogP contribution in [0.2, 0.25) is 0 Å². The van der Waals surface area contributed by atoms with Gasteiger partial charge in [0.05, 0.1) is 6.61 Å². The number of carbonyl (C=O) groups is 1. The Morgan fingerprint density at radius 1 is 1.57 bits per heavy atom. The summed E-state index contributed by atoms with van der Waals surface area (Å²) in [6.45, 7) is 8.12. The molecule has 1 aliphatic rings. The highest BCUT2D eigenvalue weighted by atomic mass is 16.5. The highest BCUT2D eigenvalue weighted by Gasteiger charge is 2.22. The lowest BCUT2D eigenvalue weighted by atomic mass is 10.0. The molecule has 0 spiro atoms. The van der Waals surface area contributed by atoms with E-state index in [1.54, 1.807) is 6.08 Å². The van der Waals surface area contributed by atoms with Gasteiger partial charge in [0, 0.05) is 23.6 Å². The Morgan fingerprint density at radius 2 is 2.30 bits per heavy atom. The van der Waals surface area contributed by atoms with Crippen LogP contribution in [0.15, 0.2) is 17.7 Å². The number of nitrogens with one attached hydrogen (secondary N) is 1. The van der Waals surface area contributed by atoms with Crippen molar-refractivity contribution in [1.82, 2.24) is 5.32 Å². The van der Waals surface area contributed by atoms with Crippen LogP contribution in [0.25, 0.3) is 6.08 Å². The Morgan fingerprint density at radius 3 is 2.91 bits per heavy atom. The molecule has 0 fully saturated rings. The largest absolute Gasteiger partial charge is 0.493 e. The summed E-state index contributed by atoms with van der Waals surface area (Å²) in [6, 6.07) is 5.69. The molecule has 0 saturated heterocycles. The fourth-order valence-electron chi connectivity index (χ4n) is 2.49. The van der Waals surface area contributed by atoms with Gasteiger partial charge < -0.3 is 14.8 Å². The molecule has 23 heavy (non-hydrogen) atoms. The quantitative estimate of drug-likeness (QED) is 0.670. The number of ether oxygens (including phenoxy) is 2. The molecule has 1 aliphatic heterocycles. The van der Waals surface area contributed by atoms with E-state index in [1.807, 2.05) is 45.9 Å². The van der Waals surface area contributed by atoms with Crippen LogP contribution in [0.1, 0.15) is 38.8 Å². The number of benzene rings is 1. The highest BCUT2D eigenvalue weighted by molar-refractivity contribution is 6.02. The van der Waals surface area contributed by atoms with Crippen LogP contribution in [-0.4, -0.2) is 24.7 Å². The molecule has 1 aromatic rings. The van der Waals surface area contributed by atoms with Crippen molar-refractivity contribution in [2.75, 3.05) is 6.61 Å². The zero-order valence-corrected chi connectivity index (χ0v) is 14.0. The molecular formula is C18H22N2O3. The van der Waals surface area contributed by atoms with Gasteiger partial charge in [0.2, 0.25) is 0 Å². The fraction of sp³-hybridized carbons (Fsp3) is 0.444. The lowest BCUT2D eigenvalue weighted by molar-refractivity contribution is -0.117.